The molecule has 1 atom stereocenters. The Kier molecular flexibility index (Phi) is 4.85. The summed E-state index contributed by atoms with van der Waals surface area (Å²) in [5, 5.41) is 2.76. The molecule has 1 aliphatic rings. The highest BCUT2D eigenvalue weighted by atomic mass is 16.5. The van der Waals surface area contributed by atoms with Crippen LogP contribution in [0.1, 0.15) is 24.0 Å². The molecule has 0 spiro atoms. The van der Waals surface area contributed by atoms with E-state index < -0.39 is 6.09 Å². The largest absolute Gasteiger partial charge is 0.505 e. The number of carbonyl (C=O) groups excluding carboxylic acids is 1. The van der Waals surface area contributed by atoms with Gasteiger partial charge >= 0.3 is 6.09 Å². The lowest BCUT2D eigenvalue weighted by Gasteiger charge is -2.15. The standard InChI is InChI=1S/C20H21NO3/c1-14(11-12-23-2)21-20(22)24-13-19-17-9-5-3-7-15(17)16-8-4-6-10-18(16)19/h3-12,14,19H,13H2,1-2H3,(H,21,22)/b12-11+/t14-/m0/s1. The Bertz CT molecular complexity index is 709. The fourth-order valence-electron chi connectivity index (χ4n) is 3.07. The molecule has 124 valence electrons. The molecule has 0 saturated carbocycles. The molecule has 0 aromatic heterocycles. The molecular formula is C20H21NO3. The van der Waals surface area contributed by atoms with E-state index in [0.29, 0.717) is 6.61 Å². The maximum Gasteiger partial charge on any atom is 0.407 e. The maximum absolute atomic E-state index is 12.0. The normalized spacial score (nSPS) is 14.1. The average molecular weight is 323 g/mol. The van der Waals surface area contributed by atoms with E-state index in [1.807, 2.05) is 31.2 Å². The van der Waals surface area contributed by atoms with Crippen LogP contribution in [0.2, 0.25) is 0 Å². The van der Waals surface area contributed by atoms with Crippen molar-refractivity contribution in [2.75, 3.05) is 13.7 Å². The number of hydrogen-bond acceptors (Lipinski definition) is 3. The van der Waals surface area contributed by atoms with Crippen LogP contribution in [-0.2, 0) is 9.47 Å². The second kappa shape index (κ2) is 7.21. The third-order valence-corrected chi connectivity index (χ3v) is 4.19. The number of fused-ring (bicyclic) bond motifs is 3. The van der Waals surface area contributed by atoms with Gasteiger partial charge in [-0.15, -0.1) is 0 Å². The summed E-state index contributed by atoms with van der Waals surface area (Å²) >= 11 is 0. The minimum absolute atomic E-state index is 0.0768. The molecule has 0 radical (unpaired) electrons. The molecule has 0 saturated heterocycles. The summed E-state index contributed by atoms with van der Waals surface area (Å²) in [5.74, 6) is 0.0768. The maximum atomic E-state index is 12.0. The molecule has 3 rings (SSSR count). The van der Waals surface area contributed by atoms with Crippen molar-refractivity contribution in [3.8, 4) is 11.1 Å². The Morgan fingerprint density at radius 3 is 2.29 bits per heavy atom. The second-order valence-corrected chi connectivity index (χ2v) is 5.82. The van der Waals surface area contributed by atoms with Gasteiger partial charge in [-0.2, -0.15) is 0 Å². The molecule has 1 N–H and O–H groups in total. The van der Waals surface area contributed by atoms with Crippen LogP contribution in [0.3, 0.4) is 0 Å². The van der Waals surface area contributed by atoms with E-state index in [-0.39, 0.29) is 12.0 Å². The fraction of sp³-hybridized carbons (Fsp3) is 0.250. The molecule has 0 fully saturated rings. The van der Waals surface area contributed by atoms with Gasteiger partial charge in [0, 0.05) is 5.92 Å². The summed E-state index contributed by atoms with van der Waals surface area (Å²) in [6.07, 6.45) is 2.86. The van der Waals surface area contributed by atoms with Crippen LogP contribution >= 0.6 is 0 Å². The predicted octanol–water partition coefficient (Wildman–Crippen LogP) is 4.07. The van der Waals surface area contributed by atoms with E-state index in [4.69, 9.17) is 9.47 Å². The van der Waals surface area contributed by atoms with Crippen molar-refractivity contribution in [1.29, 1.82) is 0 Å². The zero-order chi connectivity index (χ0) is 16.9. The molecule has 4 heteroatoms. The highest BCUT2D eigenvalue weighted by Crippen LogP contribution is 2.44. The Morgan fingerprint density at radius 1 is 1.12 bits per heavy atom. The molecule has 2 aromatic carbocycles. The van der Waals surface area contributed by atoms with Gasteiger partial charge in [0.2, 0.25) is 0 Å². The molecule has 0 heterocycles. The minimum Gasteiger partial charge on any atom is -0.505 e. The van der Waals surface area contributed by atoms with Crippen LogP contribution in [-0.4, -0.2) is 25.9 Å². The van der Waals surface area contributed by atoms with Crippen LogP contribution in [0.25, 0.3) is 11.1 Å². The molecule has 4 nitrogen and oxygen atoms in total. The fourth-order valence-corrected chi connectivity index (χ4v) is 3.07. The molecule has 1 amide bonds. The first kappa shape index (κ1) is 16.1. The molecular weight excluding hydrogens is 302 g/mol. The van der Waals surface area contributed by atoms with Gasteiger partial charge in [-0.1, -0.05) is 48.5 Å². The van der Waals surface area contributed by atoms with Crippen LogP contribution in [0.15, 0.2) is 60.9 Å². The van der Waals surface area contributed by atoms with Crippen molar-refractivity contribution in [2.24, 2.45) is 0 Å². The van der Waals surface area contributed by atoms with Crippen LogP contribution in [0, 0.1) is 0 Å². The first-order chi connectivity index (χ1) is 11.7. The molecule has 0 unspecified atom stereocenters. The van der Waals surface area contributed by atoms with Crippen LogP contribution in [0.4, 0.5) is 4.79 Å². The average Bonchev–Trinajstić information content (AvgIpc) is 2.92. The van der Waals surface area contributed by atoms with Gasteiger partial charge in [0.05, 0.1) is 19.4 Å². The van der Waals surface area contributed by atoms with E-state index >= 15 is 0 Å². The van der Waals surface area contributed by atoms with E-state index in [0.717, 1.165) is 0 Å². The summed E-state index contributed by atoms with van der Waals surface area (Å²) in [6.45, 7) is 2.18. The first-order valence-electron chi connectivity index (χ1n) is 8.01. The van der Waals surface area contributed by atoms with Crippen molar-refractivity contribution >= 4 is 6.09 Å². The summed E-state index contributed by atoms with van der Waals surface area (Å²) in [6, 6.07) is 16.4. The van der Waals surface area contributed by atoms with E-state index in [1.54, 1.807) is 13.2 Å². The molecule has 2 aromatic rings. The zero-order valence-corrected chi connectivity index (χ0v) is 13.9. The van der Waals surface area contributed by atoms with Gasteiger partial charge in [0.25, 0.3) is 0 Å². The molecule has 0 aliphatic heterocycles. The Morgan fingerprint density at radius 2 is 1.71 bits per heavy atom. The minimum atomic E-state index is -0.426. The highest BCUT2D eigenvalue weighted by molar-refractivity contribution is 5.79. The number of alkyl carbamates (subject to hydrolysis) is 1. The number of carbonyl (C=O) groups is 1. The smallest absolute Gasteiger partial charge is 0.407 e. The Balaban J connectivity index is 1.69. The van der Waals surface area contributed by atoms with Crippen molar-refractivity contribution in [3.63, 3.8) is 0 Å². The van der Waals surface area contributed by atoms with E-state index in [9.17, 15) is 4.79 Å². The van der Waals surface area contributed by atoms with Crippen molar-refractivity contribution < 1.29 is 14.3 Å². The zero-order valence-electron chi connectivity index (χ0n) is 13.9. The number of amides is 1. The van der Waals surface area contributed by atoms with Gasteiger partial charge in [-0.05, 0) is 35.3 Å². The Labute approximate surface area is 142 Å². The molecule has 0 bridgehead atoms. The van der Waals surface area contributed by atoms with Gasteiger partial charge in [0.1, 0.15) is 6.61 Å². The monoisotopic (exact) mass is 323 g/mol. The lowest BCUT2D eigenvalue weighted by Crippen LogP contribution is -2.32. The van der Waals surface area contributed by atoms with Gasteiger partial charge in [-0.25, -0.2) is 4.79 Å². The van der Waals surface area contributed by atoms with Gasteiger partial charge in [0.15, 0.2) is 0 Å². The highest BCUT2D eigenvalue weighted by Gasteiger charge is 2.28. The number of nitrogens with one attached hydrogen (secondary N) is 1. The Hall–Kier alpha value is -2.75. The third-order valence-electron chi connectivity index (χ3n) is 4.19. The first-order valence-corrected chi connectivity index (χ1v) is 8.01. The lowest BCUT2D eigenvalue weighted by atomic mass is 9.98. The quantitative estimate of drug-likeness (QED) is 0.844. The third kappa shape index (κ3) is 3.27. The topological polar surface area (TPSA) is 47.6 Å². The van der Waals surface area contributed by atoms with E-state index in [2.05, 4.69) is 29.6 Å². The molecule has 1 aliphatic carbocycles. The van der Waals surface area contributed by atoms with Crippen LogP contribution < -0.4 is 5.32 Å². The lowest BCUT2D eigenvalue weighted by molar-refractivity contribution is 0.141. The number of benzene rings is 2. The number of hydrogen-bond donors (Lipinski definition) is 1. The van der Waals surface area contributed by atoms with Crippen LogP contribution in [0.5, 0.6) is 0 Å². The van der Waals surface area contributed by atoms with Crippen molar-refractivity contribution in [2.45, 2.75) is 18.9 Å². The molecule has 24 heavy (non-hydrogen) atoms. The predicted molar refractivity (Wildman–Crippen MR) is 93.8 cm³/mol. The number of ether oxygens (including phenoxy) is 2. The number of methoxy groups -OCH3 is 1. The summed E-state index contributed by atoms with van der Waals surface area (Å²) in [4.78, 5) is 12.0. The number of rotatable bonds is 5. The SMILES string of the molecule is CO/C=C/[C@H](C)NC(=O)OCC1c2ccccc2-c2ccccc21. The summed E-state index contributed by atoms with van der Waals surface area (Å²) in [7, 11) is 1.57. The van der Waals surface area contributed by atoms with Crippen molar-refractivity contribution in [3.05, 3.63) is 72.0 Å². The van der Waals surface area contributed by atoms with E-state index in [1.165, 1.54) is 28.5 Å². The van der Waals surface area contributed by atoms with Gasteiger partial charge in [-0.3, -0.25) is 0 Å². The summed E-state index contributed by atoms with van der Waals surface area (Å²) < 4.78 is 10.3. The second-order valence-electron chi connectivity index (χ2n) is 5.82. The summed E-state index contributed by atoms with van der Waals surface area (Å²) in [5.41, 5.74) is 4.86. The van der Waals surface area contributed by atoms with Crippen molar-refractivity contribution in [1.82, 2.24) is 5.32 Å². The van der Waals surface area contributed by atoms with Gasteiger partial charge < -0.3 is 14.8 Å².